The number of benzene rings is 1. The van der Waals surface area contributed by atoms with Crippen LogP contribution in [0.3, 0.4) is 0 Å². The van der Waals surface area contributed by atoms with Crippen molar-refractivity contribution in [1.82, 2.24) is 14.8 Å². The van der Waals surface area contributed by atoms with Crippen LogP contribution in [0.25, 0.3) is 0 Å². The van der Waals surface area contributed by atoms with Crippen LogP contribution in [0.2, 0.25) is 0 Å². The molecule has 1 aromatic heterocycles. The second-order valence-corrected chi connectivity index (χ2v) is 7.38. The minimum Gasteiger partial charge on any atom is -0.337 e. The van der Waals surface area contributed by atoms with Crippen molar-refractivity contribution in [3.05, 3.63) is 59.9 Å². The maximum atomic E-state index is 13.2. The summed E-state index contributed by atoms with van der Waals surface area (Å²) >= 11 is 1.78. The van der Waals surface area contributed by atoms with Crippen LogP contribution in [-0.4, -0.2) is 53.6 Å². The van der Waals surface area contributed by atoms with Crippen LogP contribution in [0.5, 0.6) is 0 Å². The van der Waals surface area contributed by atoms with E-state index in [1.165, 1.54) is 10.5 Å². The maximum Gasteiger partial charge on any atom is 0.231 e. The first-order valence-corrected chi connectivity index (χ1v) is 9.18. The smallest absolute Gasteiger partial charge is 0.231 e. The fraction of sp³-hybridized carbons (Fsp3) is 0.368. The lowest BCUT2D eigenvalue weighted by molar-refractivity contribution is -0.133. The van der Waals surface area contributed by atoms with E-state index < -0.39 is 0 Å². The number of amides is 1. The standard InChI is InChI=1S/C19H23N3OS/c1-21(2)11-12-22(13-15-7-9-20-10-8-15)19(23)17-14-24-18-6-4-3-5-16(17)18/h3-10,17H,11-14H2,1-2H3/t17-/m0/s1. The third-order valence-electron chi connectivity index (χ3n) is 4.25. The summed E-state index contributed by atoms with van der Waals surface area (Å²) < 4.78 is 0. The number of aromatic nitrogens is 1. The average molecular weight is 341 g/mol. The molecule has 126 valence electrons. The normalized spacial score (nSPS) is 16.2. The highest BCUT2D eigenvalue weighted by Gasteiger charge is 2.32. The Labute approximate surface area is 147 Å². The van der Waals surface area contributed by atoms with E-state index in [9.17, 15) is 4.79 Å². The highest BCUT2D eigenvalue weighted by Crippen LogP contribution is 2.40. The summed E-state index contributed by atoms with van der Waals surface area (Å²) in [6.45, 7) is 2.23. The first-order valence-electron chi connectivity index (χ1n) is 8.19. The Bertz CT molecular complexity index is 690. The van der Waals surface area contributed by atoms with Gasteiger partial charge in [-0.25, -0.2) is 0 Å². The highest BCUT2D eigenvalue weighted by atomic mass is 32.2. The van der Waals surface area contributed by atoms with E-state index in [0.717, 1.165) is 24.4 Å². The number of likely N-dealkylation sites (N-methyl/N-ethyl adjacent to an activating group) is 1. The number of carbonyl (C=O) groups is 1. The van der Waals surface area contributed by atoms with E-state index in [1.54, 1.807) is 24.2 Å². The molecule has 1 atom stereocenters. The largest absolute Gasteiger partial charge is 0.337 e. The minimum absolute atomic E-state index is 0.0322. The number of carbonyl (C=O) groups excluding carboxylic acids is 1. The summed E-state index contributed by atoms with van der Waals surface area (Å²) in [5, 5.41) is 0. The molecule has 0 fully saturated rings. The van der Waals surface area contributed by atoms with Crippen LogP contribution < -0.4 is 0 Å². The van der Waals surface area contributed by atoms with Gasteiger partial charge in [0, 0.05) is 42.7 Å². The average Bonchev–Trinajstić information content (AvgIpc) is 3.03. The summed E-state index contributed by atoms with van der Waals surface area (Å²) in [6.07, 6.45) is 3.56. The first kappa shape index (κ1) is 17.0. The van der Waals surface area contributed by atoms with Gasteiger partial charge >= 0.3 is 0 Å². The zero-order chi connectivity index (χ0) is 16.9. The Morgan fingerprint density at radius 2 is 1.92 bits per heavy atom. The summed E-state index contributed by atoms with van der Waals surface area (Å²) in [6, 6.07) is 12.2. The van der Waals surface area contributed by atoms with Gasteiger partial charge in [0.15, 0.2) is 0 Å². The van der Waals surface area contributed by atoms with Crippen LogP contribution in [0.4, 0.5) is 0 Å². The molecule has 0 aliphatic carbocycles. The molecule has 0 bridgehead atoms. The molecule has 2 aromatic rings. The van der Waals surface area contributed by atoms with E-state index in [0.29, 0.717) is 6.54 Å². The Kier molecular flexibility index (Phi) is 5.53. The Balaban J connectivity index is 1.78. The molecule has 0 saturated carbocycles. The van der Waals surface area contributed by atoms with Crippen molar-refractivity contribution in [3.63, 3.8) is 0 Å². The molecule has 0 spiro atoms. The Morgan fingerprint density at radius 3 is 2.67 bits per heavy atom. The summed E-state index contributed by atoms with van der Waals surface area (Å²) in [7, 11) is 4.08. The Morgan fingerprint density at radius 1 is 1.17 bits per heavy atom. The molecule has 4 nitrogen and oxygen atoms in total. The lowest BCUT2D eigenvalue weighted by Gasteiger charge is -2.27. The molecule has 0 saturated heterocycles. The number of rotatable bonds is 6. The molecule has 1 aliphatic heterocycles. The topological polar surface area (TPSA) is 36.4 Å². The van der Waals surface area contributed by atoms with Crippen LogP contribution >= 0.6 is 11.8 Å². The van der Waals surface area contributed by atoms with Crippen molar-refractivity contribution in [1.29, 1.82) is 0 Å². The summed E-state index contributed by atoms with van der Waals surface area (Å²) in [5.41, 5.74) is 2.30. The van der Waals surface area contributed by atoms with Crippen molar-refractivity contribution >= 4 is 17.7 Å². The number of hydrogen-bond donors (Lipinski definition) is 0. The van der Waals surface area contributed by atoms with Crippen molar-refractivity contribution < 1.29 is 4.79 Å². The zero-order valence-electron chi connectivity index (χ0n) is 14.2. The first-order chi connectivity index (χ1) is 11.6. The fourth-order valence-electron chi connectivity index (χ4n) is 2.88. The minimum atomic E-state index is -0.0322. The van der Waals surface area contributed by atoms with Gasteiger partial charge in [0.1, 0.15) is 0 Å². The van der Waals surface area contributed by atoms with E-state index in [2.05, 4.69) is 22.0 Å². The molecule has 24 heavy (non-hydrogen) atoms. The SMILES string of the molecule is CN(C)CCN(Cc1ccncc1)C(=O)[C@H]1CSc2ccccc21. The van der Waals surface area contributed by atoms with Gasteiger partial charge in [0.2, 0.25) is 5.91 Å². The van der Waals surface area contributed by atoms with Crippen LogP contribution in [0.1, 0.15) is 17.0 Å². The van der Waals surface area contributed by atoms with Gasteiger partial charge in [-0.3, -0.25) is 9.78 Å². The molecule has 2 heterocycles. The third-order valence-corrected chi connectivity index (χ3v) is 5.43. The van der Waals surface area contributed by atoms with Crippen molar-refractivity contribution in [3.8, 4) is 0 Å². The molecule has 0 N–H and O–H groups in total. The lowest BCUT2D eigenvalue weighted by atomic mass is 9.99. The van der Waals surface area contributed by atoms with E-state index in [-0.39, 0.29) is 11.8 Å². The third kappa shape index (κ3) is 3.97. The number of hydrogen-bond acceptors (Lipinski definition) is 4. The number of nitrogens with zero attached hydrogens (tertiary/aromatic N) is 3. The molecule has 1 aromatic carbocycles. The molecular weight excluding hydrogens is 318 g/mol. The monoisotopic (exact) mass is 341 g/mol. The predicted octanol–water partition coefficient (Wildman–Crippen LogP) is 2.86. The summed E-state index contributed by atoms with van der Waals surface area (Å²) in [4.78, 5) is 22.6. The van der Waals surface area contributed by atoms with Crippen LogP contribution in [0.15, 0.2) is 53.7 Å². The number of fused-ring (bicyclic) bond motifs is 1. The van der Waals surface area contributed by atoms with Gasteiger partial charge in [-0.05, 0) is 43.4 Å². The van der Waals surface area contributed by atoms with E-state index >= 15 is 0 Å². The van der Waals surface area contributed by atoms with Gasteiger partial charge in [0.05, 0.1) is 5.92 Å². The molecule has 0 unspecified atom stereocenters. The van der Waals surface area contributed by atoms with E-state index in [4.69, 9.17) is 0 Å². The number of pyridine rings is 1. The summed E-state index contributed by atoms with van der Waals surface area (Å²) in [5.74, 6) is 1.04. The molecule has 1 amide bonds. The van der Waals surface area contributed by atoms with Gasteiger partial charge in [-0.15, -0.1) is 11.8 Å². The molecular formula is C19H23N3OS. The van der Waals surface area contributed by atoms with Gasteiger partial charge in [-0.1, -0.05) is 18.2 Å². The van der Waals surface area contributed by atoms with Crippen molar-refractivity contribution in [2.24, 2.45) is 0 Å². The van der Waals surface area contributed by atoms with Crippen molar-refractivity contribution in [2.75, 3.05) is 32.9 Å². The number of thioether (sulfide) groups is 1. The zero-order valence-corrected chi connectivity index (χ0v) is 15.0. The van der Waals surface area contributed by atoms with E-state index in [1.807, 2.05) is 43.3 Å². The Hall–Kier alpha value is -1.85. The molecule has 5 heteroatoms. The second-order valence-electron chi connectivity index (χ2n) is 6.32. The lowest BCUT2D eigenvalue weighted by Crippen LogP contribution is -2.39. The van der Waals surface area contributed by atoms with Gasteiger partial charge < -0.3 is 9.80 Å². The fourth-order valence-corrected chi connectivity index (χ4v) is 4.10. The maximum absolute atomic E-state index is 13.2. The molecule has 0 radical (unpaired) electrons. The van der Waals surface area contributed by atoms with Gasteiger partial charge in [0.25, 0.3) is 0 Å². The van der Waals surface area contributed by atoms with Crippen LogP contribution in [-0.2, 0) is 11.3 Å². The van der Waals surface area contributed by atoms with Crippen molar-refractivity contribution in [2.45, 2.75) is 17.4 Å². The van der Waals surface area contributed by atoms with Crippen LogP contribution in [0, 0.1) is 0 Å². The second kappa shape index (κ2) is 7.81. The molecule has 3 rings (SSSR count). The quantitative estimate of drug-likeness (QED) is 0.809. The highest BCUT2D eigenvalue weighted by molar-refractivity contribution is 7.99. The predicted molar refractivity (Wildman–Crippen MR) is 98.1 cm³/mol. The van der Waals surface area contributed by atoms with Gasteiger partial charge in [-0.2, -0.15) is 0 Å². The molecule has 1 aliphatic rings.